The number of nitrogens with one attached hydrogen (secondary N) is 1. The van der Waals surface area contributed by atoms with Crippen molar-refractivity contribution in [2.45, 2.75) is 32.4 Å². The highest BCUT2D eigenvalue weighted by molar-refractivity contribution is 14.0. The molecular formula is C15H29F3IN3O2. The van der Waals surface area contributed by atoms with Gasteiger partial charge in [-0.15, -0.1) is 24.0 Å². The third-order valence-corrected chi connectivity index (χ3v) is 3.29. The Labute approximate surface area is 159 Å². The molecule has 1 aliphatic carbocycles. The van der Waals surface area contributed by atoms with E-state index >= 15 is 0 Å². The molecule has 1 N–H and O–H groups in total. The minimum absolute atomic E-state index is 0. The summed E-state index contributed by atoms with van der Waals surface area (Å²) in [7, 11) is 1.92. The Morgan fingerprint density at radius 2 is 1.96 bits per heavy atom. The maximum atomic E-state index is 11.9. The van der Waals surface area contributed by atoms with Crippen LogP contribution in [0.2, 0.25) is 0 Å². The number of likely N-dealkylation sites (N-methyl/N-ethyl adjacent to an activating group) is 1. The molecule has 9 heteroatoms. The first-order chi connectivity index (χ1) is 10.9. The number of aliphatic imine (C=N–C) groups is 1. The van der Waals surface area contributed by atoms with Gasteiger partial charge in [-0.3, -0.25) is 4.99 Å². The lowest BCUT2D eigenvalue weighted by molar-refractivity contribution is -0.173. The van der Waals surface area contributed by atoms with Crippen LogP contribution in [0.4, 0.5) is 13.2 Å². The Bertz CT molecular complexity index is 353. The van der Waals surface area contributed by atoms with E-state index in [-0.39, 0.29) is 30.6 Å². The Morgan fingerprint density at radius 3 is 2.54 bits per heavy atom. The molecule has 1 fully saturated rings. The van der Waals surface area contributed by atoms with E-state index < -0.39 is 12.8 Å². The number of hydrogen-bond donors (Lipinski definition) is 1. The van der Waals surface area contributed by atoms with Crippen LogP contribution in [0.1, 0.15) is 26.2 Å². The zero-order valence-electron chi connectivity index (χ0n) is 14.4. The largest absolute Gasteiger partial charge is 0.411 e. The summed E-state index contributed by atoms with van der Waals surface area (Å²) in [6.07, 6.45) is -1.26. The minimum Gasteiger partial charge on any atom is -0.379 e. The van der Waals surface area contributed by atoms with Crippen molar-refractivity contribution in [2.24, 2.45) is 10.9 Å². The zero-order chi connectivity index (χ0) is 17.1. The molecule has 0 spiro atoms. The molecular weight excluding hydrogens is 438 g/mol. The quantitative estimate of drug-likeness (QED) is 0.220. The van der Waals surface area contributed by atoms with E-state index in [9.17, 15) is 13.2 Å². The highest BCUT2D eigenvalue weighted by atomic mass is 127. The molecule has 1 aliphatic rings. The molecule has 5 nitrogen and oxygen atoms in total. The molecule has 0 unspecified atom stereocenters. The molecule has 24 heavy (non-hydrogen) atoms. The van der Waals surface area contributed by atoms with Crippen LogP contribution in [-0.4, -0.2) is 70.1 Å². The fraction of sp³-hybridized carbons (Fsp3) is 0.933. The monoisotopic (exact) mass is 467 g/mol. The van der Waals surface area contributed by atoms with Gasteiger partial charge in [-0.25, -0.2) is 0 Å². The van der Waals surface area contributed by atoms with Gasteiger partial charge in [-0.1, -0.05) is 0 Å². The molecule has 0 aromatic heterocycles. The van der Waals surface area contributed by atoms with Gasteiger partial charge in [-0.2, -0.15) is 13.2 Å². The molecule has 0 heterocycles. The molecule has 0 radical (unpaired) electrons. The predicted octanol–water partition coefficient (Wildman–Crippen LogP) is 2.90. The second kappa shape index (κ2) is 13.0. The second-order valence-corrected chi connectivity index (χ2v) is 5.70. The fourth-order valence-electron chi connectivity index (χ4n) is 1.85. The molecule has 0 aliphatic heterocycles. The molecule has 0 amide bonds. The molecule has 0 saturated heterocycles. The van der Waals surface area contributed by atoms with Gasteiger partial charge < -0.3 is 19.7 Å². The third kappa shape index (κ3) is 13.1. The summed E-state index contributed by atoms with van der Waals surface area (Å²) in [5, 5.41) is 3.16. The van der Waals surface area contributed by atoms with Crippen LogP contribution in [0.5, 0.6) is 0 Å². The number of ether oxygens (including phenoxy) is 2. The second-order valence-electron chi connectivity index (χ2n) is 5.70. The van der Waals surface area contributed by atoms with Gasteiger partial charge in [0, 0.05) is 39.9 Å². The lowest BCUT2D eigenvalue weighted by Crippen LogP contribution is -2.40. The molecule has 0 bridgehead atoms. The number of halogens is 4. The van der Waals surface area contributed by atoms with Crippen molar-refractivity contribution in [1.29, 1.82) is 0 Å². The summed E-state index contributed by atoms with van der Waals surface area (Å²) in [5.74, 6) is 1.48. The van der Waals surface area contributed by atoms with Crippen LogP contribution in [0.15, 0.2) is 4.99 Å². The van der Waals surface area contributed by atoms with E-state index in [1.165, 1.54) is 12.8 Å². The lowest BCUT2D eigenvalue weighted by Gasteiger charge is -2.22. The van der Waals surface area contributed by atoms with Crippen LogP contribution in [0.3, 0.4) is 0 Å². The molecule has 0 atom stereocenters. The number of alkyl halides is 3. The van der Waals surface area contributed by atoms with Crippen LogP contribution in [0.25, 0.3) is 0 Å². The van der Waals surface area contributed by atoms with Crippen molar-refractivity contribution >= 4 is 29.9 Å². The van der Waals surface area contributed by atoms with Crippen molar-refractivity contribution in [3.05, 3.63) is 0 Å². The topological polar surface area (TPSA) is 46.1 Å². The first kappa shape index (κ1) is 23.7. The van der Waals surface area contributed by atoms with Gasteiger partial charge in [0.25, 0.3) is 0 Å². The summed E-state index contributed by atoms with van der Waals surface area (Å²) in [6.45, 7) is 4.18. The Hall–Kier alpha value is -0.290. The van der Waals surface area contributed by atoms with Gasteiger partial charge in [-0.05, 0) is 32.1 Å². The summed E-state index contributed by atoms with van der Waals surface area (Å²) in [4.78, 5) is 6.35. The van der Waals surface area contributed by atoms with Crippen LogP contribution in [0, 0.1) is 5.92 Å². The number of hydrogen-bond acceptors (Lipinski definition) is 3. The highest BCUT2D eigenvalue weighted by Crippen LogP contribution is 2.28. The Balaban J connectivity index is 0.00000529. The smallest absolute Gasteiger partial charge is 0.379 e. The summed E-state index contributed by atoms with van der Waals surface area (Å²) >= 11 is 0. The van der Waals surface area contributed by atoms with Gasteiger partial charge in [0.1, 0.15) is 6.61 Å². The van der Waals surface area contributed by atoms with Crippen LogP contribution >= 0.6 is 24.0 Å². The molecule has 0 aromatic rings. The molecule has 1 rings (SSSR count). The normalized spacial score (nSPS) is 15.1. The number of rotatable bonds is 11. The van der Waals surface area contributed by atoms with Gasteiger partial charge in [0.15, 0.2) is 5.96 Å². The molecule has 0 aromatic carbocycles. The summed E-state index contributed by atoms with van der Waals surface area (Å²) < 4.78 is 45.9. The van der Waals surface area contributed by atoms with Crippen molar-refractivity contribution in [3.63, 3.8) is 0 Å². The van der Waals surface area contributed by atoms with Crippen molar-refractivity contribution < 1.29 is 22.6 Å². The maximum absolute atomic E-state index is 11.9. The fourth-order valence-corrected chi connectivity index (χ4v) is 1.85. The lowest BCUT2D eigenvalue weighted by atomic mass is 10.4. The summed E-state index contributed by atoms with van der Waals surface area (Å²) in [6, 6.07) is 0. The van der Waals surface area contributed by atoms with E-state index in [1.54, 1.807) is 0 Å². The van der Waals surface area contributed by atoms with E-state index in [0.29, 0.717) is 19.6 Å². The maximum Gasteiger partial charge on any atom is 0.411 e. The number of guanidine groups is 1. The average molecular weight is 467 g/mol. The van der Waals surface area contributed by atoms with Crippen molar-refractivity contribution in [3.8, 4) is 0 Å². The zero-order valence-corrected chi connectivity index (χ0v) is 16.7. The first-order valence-corrected chi connectivity index (χ1v) is 8.14. The van der Waals surface area contributed by atoms with E-state index in [0.717, 1.165) is 31.6 Å². The average Bonchev–Trinajstić information content (AvgIpc) is 3.29. The Morgan fingerprint density at radius 1 is 1.25 bits per heavy atom. The standard InChI is InChI=1S/C15H28F3N3O2.HI/c1-3-19-14(20-7-4-9-23-12-15(16,17)18)21(2)8-10-22-11-13-5-6-13;/h13H,3-12H2,1-2H3,(H,19,20);1H. The van der Waals surface area contributed by atoms with E-state index in [1.807, 2.05) is 18.9 Å². The van der Waals surface area contributed by atoms with Crippen molar-refractivity contribution in [1.82, 2.24) is 10.2 Å². The third-order valence-electron chi connectivity index (χ3n) is 3.29. The first-order valence-electron chi connectivity index (χ1n) is 8.14. The van der Waals surface area contributed by atoms with Crippen molar-refractivity contribution in [2.75, 3.05) is 53.1 Å². The molecule has 144 valence electrons. The highest BCUT2D eigenvalue weighted by Gasteiger charge is 2.27. The van der Waals surface area contributed by atoms with Gasteiger partial charge in [0.2, 0.25) is 0 Å². The van der Waals surface area contributed by atoms with Crippen LogP contribution < -0.4 is 5.32 Å². The van der Waals surface area contributed by atoms with Gasteiger partial charge >= 0.3 is 6.18 Å². The van der Waals surface area contributed by atoms with Crippen LogP contribution in [-0.2, 0) is 9.47 Å². The molecule has 1 saturated carbocycles. The minimum atomic E-state index is -4.27. The van der Waals surface area contributed by atoms with E-state index in [2.05, 4.69) is 15.0 Å². The van der Waals surface area contributed by atoms with E-state index in [4.69, 9.17) is 4.74 Å². The Kier molecular flexibility index (Phi) is 12.8. The summed E-state index contributed by atoms with van der Waals surface area (Å²) in [5.41, 5.74) is 0. The predicted molar refractivity (Wildman–Crippen MR) is 99.1 cm³/mol. The number of nitrogens with zero attached hydrogens (tertiary/aromatic N) is 2. The van der Waals surface area contributed by atoms with Gasteiger partial charge in [0.05, 0.1) is 6.61 Å². The SMILES string of the molecule is CCNC(=NCCCOCC(F)(F)F)N(C)CCOCC1CC1.I.